The van der Waals surface area contributed by atoms with E-state index in [0.717, 1.165) is 21.3 Å². The number of para-hydroxylation sites is 1. The highest BCUT2D eigenvalue weighted by atomic mass is 79.9. The molecule has 0 saturated carbocycles. The Hall–Kier alpha value is -2.96. The summed E-state index contributed by atoms with van der Waals surface area (Å²) in [5, 5.41) is 1.72. The van der Waals surface area contributed by atoms with E-state index in [1.165, 1.54) is 4.90 Å². The number of fused-ring (bicyclic) bond motifs is 1. The summed E-state index contributed by atoms with van der Waals surface area (Å²) in [5.41, 5.74) is 3.44. The summed E-state index contributed by atoms with van der Waals surface area (Å²) < 4.78 is 0.884. The molecule has 5 nitrogen and oxygen atoms in total. The topological polar surface area (TPSA) is 49.9 Å². The average Bonchev–Trinajstić information content (AvgIpc) is 3.27. The molecule has 2 heterocycles. The van der Waals surface area contributed by atoms with E-state index >= 15 is 0 Å². The molecule has 0 unspecified atom stereocenters. The van der Waals surface area contributed by atoms with Gasteiger partial charge in [0.25, 0.3) is 5.91 Å². The van der Waals surface area contributed by atoms with Gasteiger partial charge in [-0.05, 0) is 48.9 Å². The average molecular weight is 463 g/mol. The molecule has 0 aliphatic carbocycles. The monoisotopic (exact) mass is 462 g/mol. The van der Waals surface area contributed by atoms with Gasteiger partial charge in [-0.1, -0.05) is 64.0 Å². The third kappa shape index (κ3) is 3.04. The lowest BCUT2D eigenvalue weighted by Gasteiger charge is -2.28. The smallest absolute Gasteiger partial charge is 0.266 e. The Labute approximate surface area is 183 Å². The Kier molecular flexibility index (Phi) is 4.68. The van der Waals surface area contributed by atoms with Crippen molar-refractivity contribution in [3.05, 3.63) is 94.5 Å². The Bertz CT molecular complexity index is 1100. The van der Waals surface area contributed by atoms with Crippen LogP contribution in [0.5, 0.6) is 0 Å². The number of hydroxylamine groups is 1. The second-order valence-corrected chi connectivity index (χ2v) is 8.47. The van der Waals surface area contributed by atoms with E-state index in [1.54, 1.807) is 17.2 Å². The maximum Gasteiger partial charge on any atom is 0.266 e. The number of hydrogen-bond donors (Lipinski definition) is 0. The Morgan fingerprint density at radius 1 is 0.800 bits per heavy atom. The van der Waals surface area contributed by atoms with Crippen molar-refractivity contribution < 1.29 is 14.4 Å². The van der Waals surface area contributed by atoms with Gasteiger partial charge in [0.2, 0.25) is 5.91 Å². The fourth-order valence-corrected chi connectivity index (χ4v) is 4.42. The first-order chi connectivity index (χ1) is 14.5. The van der Waals surface area contributed by atoms with Crippen LogP contribution in [0, 0.1) is 12.8 Å². The summed E-state index contributed by atoms with van der Waals surface area (Å²) in [7, 11) is 0. The third-order valence-corrected chi connectivity index (χ3v) is 6.16. The largest absolute Gasteiger partial charge is 0.273 e. The number of anilines is 2. The van der Waals surface area contributed by atoms with Crippen LogP contribution < -0.4 is 9.96 Å². The van der Waals surface area contributed by atoms with Crippen LogP contribution in [0.3, 0.4) is 0 Å². The van der Waals surface area contributed by atoms with E-state index in [4.69, 9.17) is 4.84 Å². The van der Waals surface area contributed by atoms with Crippen molar-refractivity contribution in [3.8, 4) is 0 Å². The zero-order valence-electron chi connectivity index (χ0n) is 16.2. The number of imide groups is 1. The van der Waals surface area contributed by atoms with E-state index in [2.05, 4.69) is 15.9 Å². The fourth-order valence-electron chi connectivity index (χ4n) is 4.16. The molecular formula is C24H19BrN2O3. The summed E-state index contributed by atoms with van der Waals surface area (Å²) in [6.45, 7) is 2.02. The third-order valence-electron chi connectivity index (χ3n) is 5.63. The maximum absolute atomic E-state index is 13.5. The standard InChI is InChI=1S/C24H19BrN2O3/c1-15-7-9-16(10-8-15)21-20-22(30-27(21)19-5-3-2-4-6-19)24(29)26(23(20)28)18-13-11-17(25)12-14-18/h2-14,20-22H,1H3/t20-,21-,22-/m1/s1. The number of amides is 2. The van der Waals surface area contributed by atoms with Crippen molar-refractivity contribution in [1.29, 1.82) is 0 Å². The van der Waals surface area contributed by atoms with Gasteiger partial charge in [0, 0.05) is 4.47 Å². The van der Waals surface area contributed by atoms with E-state index in [-0.39, 0.29) is 11.8 Å². The Morgan fingerprint density at radius 3 is 2.13 bits per heavy atom. The summed E-state index contributed by atoms with van der Waals surface area (Å²) in [6.07, 6.45) is -0.854. The Balaban J connectivity index is 1.58. The highest BCUT2D eigenvalue weighted by Gasteiger charge is 2.60. The van der Waals surface area contributed by atoms with Crippen LogP contribution in [0.25, 0.3) is 0 Å². The quantitative estimate of drug-likeness (QED) is 0.524. The number of halogens is 1. The van der Waals surface area contributed by atoms with Gasteiger partial charge >= 0.3 is 0 Å². The van der Waals surface area contributed by atoms with Gasteiger partial charge in [-0.25, -0.2) is 9.96 Å². The number of nitrogens with zero attached hydrogens (tertiary/aromatic N) is 2. The van der Waals surface area contributed by atoms with Gasteiger partial charge in [0.15, 0.2) is 6.10 Å². The molecule has 0 radical (unpaired) electrons. The van der Waals surface area contributed by atoms with E-state index in [0.29, 0.717) is 5.69 Å². The van der Waals surface area contributed by atoms with Crippen LogP contribution in [0.15, 0.2) is 83.3 Å². The lowest BCUT2D eigenvalue weighted by Crippen LogP contribution is -2.37. The molecule has 0 bridgehead atoms. The molecule has 3 aromatic carbocycles. The number of benzene rings is 3. The van der Waals surface area contributed by atoms with Gasteiger partial charge in [-0.2, -0.15) is 0 Å². The molecule has 150 valence electrons. The van der Waals surface area contributed by atoms with Crippen molar-refractivity contribution in [2.75, 3.05) is 9.96 Å². The molecule has 0 N–H and O–H groups in total. The van der Waals surface area contributed by atoms with Crippen LogP contribution in [-0.4, -0.2) is 17.9 Å². The minimum atomic E-state index is -0.854. The first-order valence-corrected chi connectivity index (χ1v) is 10.5. The van der Waals surface area contributed by atoms with E-state index in [1.807, 2.05) is 73.7 Å². The van der Waals surface area contributed by atoms with Crippen LogP contribution in [0.1, 0.15) is 17.2 Å². The number of carbonyl (C=O) groups is 2. The molecule has 2 saturated heterocycles. The summed E-state index contributed by atoms with van der Waals surface area (Å²) >= 11 is 3.39. The second kappa shape index (κ2) is 7.38. The fraction of sp³-hybridized carbons (Fsp3) is 0.167. The van der Waals surface area contributed by atoms with Crippen LogP contribution in [0.4, 0.5) is 11.4 Å². The lowest BCUT2D eigenvalue weighted by atomic mass is 9.90. The van der Waals surface area contributed by atoms with Gasteiger partial charge in [-0.3, -0.25) is 14.4 Å². The SMILES string of the molecule is Cc1ccc([C@@H]2[C@H]3C(=O)N(c4ccc(Br)cc4)C(=O)[C@@H]3ON2c2ccccc2)cc1. The van der Waals surface area contributed by atoms with Gasteiger partial charge in [0.1, 0.15) is 5.92 Å². The summed E-state index contributed by atoms with van der Waals surface area (Å²) in [6, 6.07) is 24.4. The van der Waals surface area contributed by atoms with Crippen molar-refractivity contribution in [2.24, 2.45) is 5.92 Å². The lowest BCUT2D eigenvalue weighted by molar-refractivity contribution is -0.126. The number of rotatable bonds is 3. The Morgan fingerprint density at radius 2 is 1.47 bits per heavy atom. The molecule has 2 amide bonds. The highest BCUT2D eigenvalue weighted by Crippen LogP contribution is 2.47. The van der Waals surface area contributed by atoms with Crippen molar-refractivity contribution >= 4 is 39.1 Å². The molecule has 2 aliphatic rings. The zero-order chi connectivity index (χ0) is 20.8. The predicted molar refractivity (Wildman–Crippen MR) is 118 cm³/mol. The molecule has 0 aromatic heterocycles. The zero-order valence-corrected chi connectivity index (χ0v) is 17.8. The second-order valence-electron chi connectivity index (χ2n) is 7.56. The van der Waals surface area contributed by atoms with Crippen molar-refractivity contribution in [1.82, 2.24) is 0 Å². The summed E-state index contributed by atoms with van der Waals surface area (Å²) in [4.78, 5) is 34.1. The molecule has 3 atom stereocenters. The first kappa shape index (κ1) is 19.0. The number of aryl methyl sites for hydroxylation is 1. The minimum absolute atomic E-state index is 0.240. The highest BCUT2D eigenvalue weighted by molar-refractivity contribution is 9.10. The van der Waals surface area contributed by atoms with Crippen molar-refractivity contribution in [2.45, 2.75) is 19.1 Å². The summed E-state index contributed by atoms with van der Waals surface area (Å²) in [5.74, 6) is -1.19. The van der Waals surface area contributed by atoms with Gasteiger partial charge in [-0.15, -0.1) is 0 Å². The number of hydrogen-bond acceptors (Lipinski definition) is 4. The molecule has 3 aromatic rings. The van der Waals surface area contributed by atoms with Gasteiger partial charge in [0.05, 0.1) is 17.4 Å². The van der Waals surface area contributed by atoms with E-state index in [9.17, 15) is 9.59 Å². The minimum Gasteiger partial charge on any atom is -0.273 e. The molecule has 5 rings (SSSR count). The van der Waals surface area contributed by atoms with Crippen molar-refractivity contribution in [3.63, 3.8) is 0 Å². The predicted octanol–water partition coefficient (Wildman–Crippen LogP) is 4.81. The maximum atomic E-state index is 13.5. The van der Waals surface area contributed by atoms with Crippen LogP contribution >= 0.6 is 15.9 Å². The molecule has 2 aliphatic heterocycles. The van der Waals surface area contributed by atoms with Gasteiger partial charge < -0.3 is 0 Å². The molecule has 30 heavy (non-hydrogen) atoms. The first-order valence-electron chi connectivity index (χ1n) is 9.75. The van der Waals surface area contributed by atoms with E-state index < -0.39 is 18.1 Å². The molecular weight excluding hydrogens is 444 g/mol. The molecule has 0 spiro atoms. The normalized spacial score (nSPS) is 23.2. The van der Waals surface area contributed by atoms with Crippen LogP contribution in [0.2, 0.25) is 0 Å². The van der Waals surface area contributed by atoms with Crippen LogP contribution in [-0.2, 0) is 14.4 Å². The number of carbonyl (C=O) groups excluding carboxylic acids is 2. The molecule has 6 heteroatoms. The molecule has 2 fully saturated rings.